The molecule has 0 amide bonds. The molecule has 1 atom stereocenters. The lowest BCUT2D eigenvalue weighted by molar-refractivity contribution is 0.250. The molecule has 1 heterocycles. The van der Waals surface area contributed by atoms with Gasteiger partial charge in [-0.15, -0.1) is 12.4 Å². The summed E-state index contributed by atoms with van der Waals surface area (Å²) in [6.07, 6.45) is 1.59. The first-order valence-electron chi connectivity index (χ1n) is 6.53. The third-order valence-electron chi connectivity index (χ3n) is 3.75. The van der Waals surface area contributed by atoms with Crippen LogP contribution < -0.4 is 5.73 Å². The van der Waals surface area contributed by atoms with E-state index >= 15 is 0 Å². The van der Waals surface area contributed by atoms with Crippen molar-refractivity contribution in [1.29, 1.82) is 0 Å². The van der Waals surface area contributed by atoms with E-state index in [1.807, 2.05) is 6.92 Å². The van der Waals surface area contributed by atoms with Crippen LogP contribution >= 0.6 is 39.9 Å². The third-order valence-corrected chi connectivity index (χ3v) is 6.63. The quantitative estimate of drug-likeness (QED) is 0.820. The van der Waals surface area contributed by atoms with Crippen LogP contribution in [-0.2, 0) is 10.0 Å². The SMILES string of the molecule is CC(N)C1CCN(S(=O)(=O)c2cc(Br)ccc2Cl)CC1.Cl. The van der Waals surface area contributed by atoms with Gasteiger partial charge in [0, 0.05) is 23.6 Å². The summed E-state index contributed by atoms with van der Waals surface area (Å²) < 4.78 is 27.5. The molecule has 1 aromatic rings. The summed E-state index contributed by atoms with van der Waals surface area (Å²) in [5.74, 6) is 0.388. The Morgan fingerprint density at radius 2 is 1.95 bits per heavy atom. The lowest BCUT2D eigenvalue weighted by Gasteiger charge is -2.33. The summed E-state index contributed by atoms with van der Waals surface area (Å²) in [7, 11) is -3.53. The maximum absolute atomic E-state index is 12.6. The third kappa shape index (κ3) is 4.33. The smallest absolute Gasteiger partial charge is 0.244 e. The number of hydrogen-bond donors (Lipinski definition) is 1. The van der Waals surface area contributed by atoms with Crippen molar-refractivity contribution in [1.82, 2.24) is 4.31 Å². The van der Waals surface area contributed by atoms with Crippen LogP contribution in [0.4, 0.5) is 0 Å². The van der Waals surface area contributed by atoms with Gasteiger partial charge < -0.3 is 5.73 Å². The number of halogens is 3. The van der Waals surface area contributed by atoms with Crippen molar-refractivity contribution in [3.8, 4) is 0 Å². The molecule has 0 aliphatic carbocycles. The largest absolute Gasteiger partial charge is 0.328 e. The summed E-state index contributed by atoms with van der Waals surface area (Å²) in [5, 5.41) is 0.252. The second kappa shape index (κ2) is 7.62. The van der Waals surface area contributed by atoms with Crippen molar-refractivity contribution in [2.45, 2.75) is 30.7 Å². The molecule has 4 nitrogen and oxygen atoms in total. The molecule has 0 radical (unpaired) electrons. The number of nitrogens with zero attached hydrogens (tertiary/aromatic N) is 1. The molecule has 0 saturated carbocycles. The minimum atomic E-state index is -3.53. The second-order valence-electron chi connectivity index (χ2n) is 5.18. The van der Waals surface area contributed by atoms with E-state index in [-0.39, 0.29) is 28.4 Å². The maximum Gasteiger partial charge on any atom is 0.244 e. The van der Waals surface area contributed by atoms with Crippen LogP contribution in [0.15, 0.2) is 27.6 Å². The van der Waals surface area contributed by atoms with Gasteiger partial charge in [0.1, 0.15) is 4.90 Å². The van der Waals surface area contributed by atoms with Gasteiger partial charge in [0.15, 0.2) is 0 Å². The topological polar surface area (TPSA) is 63.4 Å². The molecule has 1 fully saturated rings. The molecular formula is C13H19BrCl2N2O2S. The van der Waals surface area contributed by atoms with Crippen molar-refractivity contribution in [3.05, 3.63) is 27.7 Å². The fourth-order valence-electron chi connectivity index (χ4n) is 2.46. The Bertz CT molecular complexity index is 588. The molecule has 2 N–H and O–H groups in total. The van der Waals surface area contributed by atoms with E-state index in [0.29, 0.717) is 23.5 Å². The zero-order chi connectivity index (χ0) is 14.9. The highest BCUT2D eigenvalue weighted by molar-refractivity contribution is 9.10. The van der Waals surface area contributed by atoms with Crippen molar-refractivity contribution in [2.75, 3.05) is 13.1 Å². The van der Waals surface area contributed by atoms with Crippen molar-refractivity contribution in [3.63, 3.8) is 0 Å². The molecule has 1 aliphatic rings. The number of piperidine rings is 1. The molecule has 1 aliphatic heterocycles. The van der Waals surface area contributed by atoms with Gasteiger partial charge in [-0.1, -0.05) is 27.5 Å². The Kier molecular flexibility index (Phi) is 6.96. The van der Waals surface area contributed by atoms with Gasteiger partial charge in [0.25, 0.3) is 0 Å². The standard InChI is InChI=1S/C13H18BrClN2O2S.ClH/c1-9(16)10-4-6-17(7-5-10)20(18,19)13-8-11(14)2-3-12(13)15;/h2-3,8-10H,4-7,16H2,1H3;1H. The maximum atomic E-state index is 12.6. The molecule has 0 bridgehead atoms. The van der Waals surface area contributed by atoms with Gasteiger partial charge in [-0.05, 0) is 43.9 Å². The summed E-state index contributed by atoms with van der Waals surface area (Å²) in [6, 6.07) is 4.97. The minimum Gasteiger partial charge on any atom is -0.328 e. The fourth-order valence-corrected chi connectivity index (χ4v) is 4.94. The van der Waals surface area contributed by atoms with Crippen LogP contribution in [0.25, 0.3) is 0 Å². The van der Waals surface area contributed by atoms with E-state index in [9.17, 15) is 8.42 Å². The van der Waals surface area contributed by atoms with E-state index < -0.39 is 10.0 Å². The molecule has 1 unspecified atom stereocenters. The van der Waals surface area contributed by atoms with Crippen molar-refractivity contribution < 1.29 is 8.42 Å². The number of nitrogens with two attached hydrogens (primary N) is 1. The molecule has 1 aromatic carbocycles. The number of rotatable bonds is 3. The molecule has 8 heteroatoms. The number of benzene rings is 1. The van der Waals surface area contributed by atoms with Gasteiger partial charge in [0.05, 0.1) is 5.02 Å². The highest BCUT2D eigenvalue weighted by atomic mass is 79.9. The lowest BCUT2D eigenvalue weighted by atomic mass is 9.92. The van der Waals surface area contributed by atoms with E-state index in [2.05, 4.69) is 15.9 Å². The summed E-state index contributed by atoms with van der Waals surface area (Å²) in [6.45, 7) is 2.97. The average molecular weight is 418 g/mol. The Labute approximate surface area is 145 Å². The van der Waals surface area contributed by atoms with Crippen LogP contribution in [0.2, 0.25) is 5.02 Å². The summed E-state index contributed by atoms with van der Waals surface area (Å²) in [4.78, 5) is 0.160. The first kappa shape index (κ1) is 19.2. The Hall–Kier alpha value is 0.150. The normalized spacial score (nSPS) is 19.0. The molecule has 2 rings (SSSR count). The second-order valence-corrected chi connectivity index (χ2v) is 8.40. The summed E-state index contributed by atoms with van der Waals surface area (Å²) >= 11 is 9.32. The van der Waals surface area contributed by atoms with Crippen LogP contribution in [0.3, 0.4) is 0 Å². The molecule has 21 heavy (non-hydrogen) atoms. The highest BCUT2D eigenvalue weighted by Gasteiger charge is 2.31. The van der Waals surface area contributed by atoms with Crippen LogP contribution in [0.5, 0.6) is 0 Å². The molecular weight excluding hydrogens is 399 g/mol. The lowest BCUT2D eigenvalue weighted by Crippen LogP contribution is -2.42. The zero-order valence-corrected chi connectivity index (χ0v) is 15.6. The van der Waals surface area contributed by atoms with E-state index in [1.165, 1.54) is 4.31 Å². The van der Waals surface area contributed by atoms with Gasteiger partial charge >= 0.3 is 0 Å². The first-order valence-corrected chi connectivity index (χ1v) is 9.14. The van der Waals surface area contributed by atoms with E-state index in [0.717, 1.165) is 12.8 Å². The van der Waals surface area contributed by atoms with Gasteiger partial charge in [-0.25, -0.2) is 8.42 Å². The fraction of sp³-hybridized carbons (Fsp3) is 0.538. The summed E-state index contributed by atoms with van der Waals surface area (Å²) in [5.41, 5.74) is 5.88. The number of sulfonamides is 1. The first-order chi connectivity index (χ1) is 9.32. The predicted molar refractivity (Wildman–Crippen MR) is 91.5 cm³/mol. The van der Waals surface area contributed by atoms with Crippen LogP contribution in [-0.4, -0.2) is 31.9 Å². The van der Waals surface area contributed by atoms with E-state index in [4.69, 9.17) is 17.3 Å². The molecule has 0 spiro atoms. The van der Waals surface area contributed by atoms with Crippen LogP contribution in [0, 0.1) is 5.92 Å². The minimum absolute atomic E-state index is 0. The molecule has 1 saturated heterocycles. The number of hydrogen-bond acceptors (Lipinski definition) is 3. The molecule has 0 aromatic heterocycles. The Morgan fingerprint density at radius 1 is 1.38 bits per heavy atom. The highest BCUT2D eigenvalue weighted by Crippen LogP contribution is 2.30. The predicted octanol–water partition coefficient (Wildman–Crippen LogP) is 3.27. The van der Waals surface area contributed by atoms with E-state index in [1.54, 1.807) is 18.2 Å². The Morgan fingerprint density at radius 3 is 2.48 bits per heavy atom. The Balaban J connectivity index is 0.00000220. The zero-order valence-electron chi connectivity index (χ0n) is 11.6. The molecule has 120 valence electrons. The monoisotopic (exact) mass is 416 g/mol. The van der Waals surface area contributed by atoms with Crippen LogP contribution in [0.1, 0.15) is 19.8 Å². The van der Waals surface area contributed by atoms with Crippen molar-refractivity contribution in [2.24, 2.45) is 11.7 Å². The average Bonchev–Trinajstić information content (AvgIpc) is 2.41. The van der Waals surface area contributed by atoms with Gasteiger partial charge in [-0.2, -0.15) is 4.31 Å². The van der Waals surface area contributed by atoms with Crippen molar-refractivity contribution >= 4 is 50.0 Å². The van der Waals surface area contributed by atoms with Gasteiger partial charge in [-0.3, -0.25) is 0 Å². The van der Waals surface area contributed by atoms with Gasteiger partial charge in [0.2, 0.25) is 10.0 Å².